The Labute approximate surface area is 111 Å². The van der Waals surface area contributed by atoms with Gasteiger partial charge in [-0.25, -0.2) is 0 Å². The van der Waals surface area contributed by atoms with Gasteiger partial charge >= 0.3 is 18.3 Å². The van der Waals surface area contributed by atoms with Gasteiger partial charge in [0.15, 0.2) is 0 Å². The SMILES string of the molecule is CCC(C)C(=O)OC(CC)C(O)(C(F)(F)F)C(F)(F)F. The van der Waals surface area contributed by atoms with Crippen molar-refractivity contribution in [2.24, 2.45) is 5.92 Å². The van der Waals surface area contributed by atoms with Crippen LogP contribution in [0.4, 0.5) is 26.3 Å². The third-order valence-corrected chi connectivity index (χ3v) is 2.97. The van der Waals surface area contributed by atoms with Crippen LogP contribution in [0.1, 0.15) is 33.6 Å². The van der Waals surface area contributed by atoms with Crippen molar-refractivity contribution >= 4 is 5.97 Å². The number of hydrogen-bond acceptors (Lipinski definition) is 3. The van der Waals surface area contributed by atoms with Gasteiger partial charge in [-0.3, -0.25) is 4.79 Å². The highest BCUT2D eigenvalue weighted by atomic mass is 19.4. The van der Waals surface area contributed by atoms with E-state index < -0.39 is 42.4 Å². The molecule has 0 spiro atoms. The molecular formula is C11H16F6O3. The maximum atomic E-state index is 12.6. The fourth-order valence-electron chi connectivity index (χ4n) is 1.41. The van der Waals surface area contributed by atoms with E-state index in [1.807, 2.05) is 0 Å². The van der Waals surface area contributed by atoms with Gasteiger partial charge in [-0.2, -0.15) is 26.3 Å². The first kappa shape index (κ1) is 19.0. The maximum absolute atomic E-state index is 12.6. The van der Waals surface area contributed by atoms with E-state index in [0.29, 0.717) is 0 Å². The fraction of sp³-hybridized carbons (Fsp3) is 0.909. The molecule has 0 aliphatic carbocycles. The van der Waals surface area contributed by atoms with Gasteiger partial charge in [-0.1, -0.05) is 20.8 Å². The van der Waals surface area contributed by atoms with Gasteiger partial charge in [0.2, 0.25) is 0 Å². The Kier molecular flexibility index (Phi) is 5.89. The first-order valence-corrected chi connectivity index (χ1v) is 5.89. The molecule has 2 unspecified atom stereocenters. The lowest BCUT2D eigenvalue weighted by Gasteiger charge is -2.37. The Hall–Kier alpha value is -0.990. The fourth-order valence-corrected chi connectivity index (χ4v) is 1.41. The summed E-state index contributed by atoms with van der Waals surface area (Å²) < 4.78 is 79.9. The van der Waals surface area contributed by atoms with Crippen LogP contribution >= 0.6 is 0 Å². The van der Waals surface area contributed by atoms with E-state index in [9.17, 15) is 31.1 Å². The second kappa shape index (κ2) is 6.19. The van der Waals surface area contributed by atoms with Crippen molar-refractivity contribution in [3.63, 3.8) is 0 Å². The smallest absolute Gasteiger partial charge is 0.430 e. The largest absolute Gasteiger partial charge is 0.458 e. The van der Waals surface area contributed by atoms with E-state index in [0.717, 1.165) is 6.92 Å². The molecule has 2 atom stereocenters. The molecule has 0 radical (unpaired) electrons. The summed E-state index contributed by atoms with van der Waals surface area (Å²) in [5.41, 5.74) is -5.09. The molecule has 0 fully saturated rings. The summed E-state index contributed by atoms with van der Waals surface area (Å²) in [4.78, 5) is 11.4. The van der Waals surface area contributed by atoms with Gasteiger partial charge in [-0.15, -0.1) is 0 Å². The quantitative estimate of drug-likeness (QED) is 0.626. The molecule has 0 rings (SSSR count). The molecule has 0 aromatic carbocycles. The van der Waals surface area contributed by atoms with Gasteiger partial charge < -0.3 is 9.84 Å². The van der Waals surface area contributed by atoms with Crippen molar-refractivity contribution in [3.05, 3.63) is 0 Å². The zero-order chi connectivity index (χ0) is 16.4. The second-order valence-electron chi connectivity index (χ2n) is 4.40. The predicted octanol–water partition coefficient (Wildman–Crippen LogP) is 3.21. The number of carbonyl (C=O) groups is 1. The number of halogens is 6. The molecule has 120 valence electrons. The average Bonchev–Trinajstić information content (AvgIpc) is 2.30. The number of rotatable bonds is 5. The third-order valence-electron chi connectivity index (χ3n) is 2.97. The van der Waals surface area contributed by atoms with Crippen molar-refractivity contribution < 1.29 is 41.0 Å². The molecule has 0 saturated carbocycles. The first-order valence-electron chi connectivity index (χ1n) is 5.89. The molecule has 0 aliphatic heterocycles. The van der Waals surface area contributed by atoms with E-state index in [2.05, 4.69) is 4.74 Å². The third kappa shape index (κ3) is 3.56. The minimum absolute atomic E-state index is 0.186. The Balaban J connectivity index is 5.50. The summed E-state index contributed by atoms with van der Waals surface area (Å²) in [6.45, 7) is 3.78. The van der Waals surface area contributed by atoms with Gasteiger partial charge in [0.25, 0.3) is 5.60 Å². The van der Waals surface area contributed by atoms with Crippen LogP contribution in [-0.2, 0) is 9.53 Å². The number of esters is 1. The molecule has 0 bridgehead atoms. The molecule has 0 heterocycles. The van der Waals surface area contributed by atoms with Crippen molar-refractivity contribution in [2.45, 2.75) is 57.7 Å². The lowest BCUT2D eigenvalue weighted by molar-refractivity contribution is -0.391. The van der Waals surface area contributed by atoms with Gasteiger partial charge in [0, 0.05) is 0 Å². The molecule has 3 nitrogen and oxygen atoms in total. The standard InChI is InChI=1S/C11H16F6O3/c1-4-6(3)8(18)20-7(5-2)9(19,10(12,13)14)11(15,16)17/h6-7,19H,4-5H2,1-3H3. The summed E-state index contributed by atoms with van der Waals surface area (Å²) in [5, 5.41) is 9.12. The highest BCUT2D eigenvalue weighted by molar-refractivity contribution is 5.72. The van der Waals surface area contributed by atoms with Crippen LogP contribution in [0.25, 0.3) is 0 Å². The first-order chi connectivity index (χ1) is 8.82. The summed E-state index contributed by atoms with van der Waals surface area (Å²) in [6.07, 6.45) is -15.4. The number of alkyl halides is 6. The molecule has 9 heteroatoms. The minimum atomic E-state index is -6.01. The summed E-state index contributed by atoms with van der Waals surface area (Å²) in [5.74, 6) is -2.08. The molecule has 1 N–H and O–H groups in total. The van der Waals surface area contributed by atoms with Crippen LogP contribution in [0.15, 0.2) is 0 Å². The van der Waals surface area contributed by atoms with Crippen LogP contribution in [0.5, 0.6) is 0 Å². The number of ether oxygens (including phenoxy) is 1. The van der Waals surface area contributed by atoms with Crippen LogP contribution in [0.3, 0.4) is 0 Å². The van der Waals surface area contributed by atoms with Crippen LogP contribution in [0, 0.1) is 5.92 Å². The van der Waals surface area contributed by atoms with Crippen LogP contribution < -0.4 is 0 Å². The van der Waals surface area contributed by atoms with Crippen molar-refractivity contribution in [3.8, 4) is 0 Å². The molecule has 0 amide bonds. The molecule has 0 aromatic heterocycles. The van der Waals surface area contributed by atoms with E-state index in [1.54, 1.807) is 0 Å². The van der Waals surface area contributed by atoms with Crippen LogP contribution in [0.2, 0.25) is 0 Å². The highest BCUT2D eigenvalue weighted by Gasteiger charge is 2.75. The number of aliphatic hydroxyl groups is 1. The number of hydrogen-bond donors (Lipinski definition) is 1. The Bertz CT molecular complexity index is 322. The average molecular weight is 310 g/mol. The molecule has 0 aliphatic rings. The number of carbonyl (C=O) groups excluding carboxylic acids is 1. The lowest BCUT2D eigenvalue weighted by Crippen LogP contribution is -2.65. The van der Waals surface area contributed by atoms with Gasteiger partial charge in [-0.05, 0) is 12.8 Å². The topological polar surface area (TPSA) is 46.5 Å². The summed E-state index contributed by atoms with van der Waals surface area (Å²) in [7, 11) is 0. The zero-order valence-electron chi connectivity index (χ0n) is 11.1. The monoisotopic (exact) mass is 310 g/mol. The van der Waals surface area contributed by atoms with E-state index in [1.165, 1.54) is 13.8 Å². The van der Waals surface area contributed by atoms with Crippen molar-refractivity contribution in [1.82, 2.24) is 0 Å². The summed E-state index contributed by atoms with van der Waals surface area (Å²) in [6, 6.07) is 0. The van der Waals surface area contributed by atoms with Gasteiger partial charge in [0.05, 0.1) is 5.92 Å². The molecule has 0 saturated heterocycles. The highest BCUT2D eigenvalue weighted by Crippen LogP contribution is 2.47. The minimum Gasteiger partial charge on any atom is -0.458 e. The zero-order valence-corrected chi connectivity index (χ0v) is 11.1. The van der Waals surface area contributed by atoms with E-state index in [-0.39, 0.29) is 6.42 Å². The Morgan fingerprint density at radius 3 is 1.70 bits per heavy atom. The van der Waals surface area contributed by atoms with Crippen molar-refractivity contribution in [2.75, 3.05) is 0 Å². The molecule has 0 aromatic rings. The maximum Gasteiger partial charge on any atom is 0.430 e. The molecular weight excluding hydrogens is 294 g/mol. The van der Waals surface area contributed by atoms with E-state index in [4.69, 9.17) is 5.11 Å². The second-order valence-corrected chi connectivity index (χ2v) is 4.40. The van der Waals surface area contributed by atoms with E-state index >= 15 is 0 Å². The Morgan fingerprint density at radius 1 is 1.05 bits per heavy atom. The predicted molar refractivity (Wildman–Crippen MR) is 56.7 cm³/mol. The van der Waals surface area contributed by atoms with Crippen molar-refractivity contribution in [1.29, 1.82) is 0 Å². The normalized spacial score (nSPS) is 16.7. The lowest BCUT2D eigenvalue weighted by atomic mass is 9.92. The van der Waals surface area contributed by atoms with Gasteiger partial charge in [0.1, 0.15) is 6.10 Å². The molecule has 20 heavy (non-hydrogen) atoms. The Morgan fingerprint density at radius 2 is 1.45 bits per heavy atom. The van der Waals surface area contributed by atoms with Crippen LogP contribution in [-0.4, -0.2) is 35.1 Å². The summed E-state index contributed by atoms with van der Waals surface area (Å²) >= 11 is 0.